The van der Waals surface area contributed by atoms with Crippen LogP contribution in [-0.2, 0) is 0 Å². The fraction of sp³-hybridized carbons (Fsp3) is 0.235. The minimum atomic E-state index is -0.0960. The van der Waals surface area contributed by atoms with Gasteiger partial charge >= 0.3 is 0 Å². The van der Waals surface area contributed by atoms with Gasteiger partial charge in [0.25, 0.3) is 0 Å². The number of carbonyl (C=O) groups is 1. The molecule has 0 amide bonds. The topological polar surface area (TPSA) is 26.3 Å². The van der Waals surface area contributed by atoms with E-state index in [0.29, 0.717) is 27.3 Å². The van der Waals surface area contributed by atoms with Gasteiger partial charge in [-0.2, -0.15) is 0 Å². The summed E-state index contributed by atoms with van der Waals surface area (Å²) in [4.78, 5) is 12.1. The van der Waals surface area contributed by atoms with Crippen molar-refractivity contribution in [1.82, 2.24) is 0 Å². The van der Waals surface area contributed by atoms with Gasteiger partial charge in [0.05, 0.1) is 5.02 Å². The highest BCUT2D eigenvalue weighted by Crippen LogP contribution is 2.27. The van der Waals surface area contributed by atoms with Gasteiger partial charge in [-0.25, -0.2) is 0 Å². The van der Waals surface area contributed by atoms with E-state index in [-0.39, 0.29) is 12.4 Å². The first kappa shape index (κ1) is 15.9. The molecule has 2 nitrogen and oxygen atoms in total. The molecule has 110 valence electrons. The lowest BCUT2D eigenvalue weighted by Gasteiger charge is -2.09. The third-order valence-electron chi connectivity index (χ3n) is 3.15. The van der Waals surface area contributed by atoms with Gasteiger partial charge < -0.3 is 4.74 Å². The molecule has 0 aliphatic heterocycles. The second kappa shape index (κ2) is 6.97. The van der Waals surface area contributed by atoms with Crippen LogP contribution in [0, 0.1) is 0 Å². The summed E-state index contributed by atoms with van der Waals surface area (Å²) in [6.45, 7) is 4.16. The maximum absolute atomic E-state index is 12.1. The second-order valence-corrected chi connectivity index (χ2v) is 5.91. The van der Waals surface area contributed by atoms with E-state index in [1.165, 1.54) is 5.56 Å². The standard InChI is InChI=1S/C17H16Cl2O2/c1-11(2)12-3-5-13(6-4-12)16(20)10-21-17-9-14(18)7-8-15(17)19/h3-9,11H,10H2,1-2H3. The largest absolute Gasteiger partial charge is 0.484 e. The van der Waals surface area contributed by atoms with Crippen molar-refractivity contribution in [3.8, 4) is 5.75 Å². The van der Waals surface area contributed by atoms with Crippen molar-refractivity contribution in [1.29, 1.82) is 0 Å². The Bertz CT molecular complexity index is 634. The molecule has 0 heterocycles. The van der Waals surface area contributed by atoms with E-state index >= 15 is 0 Å². The number of ketones is 1. The Kier molecular flexibility index (Phi) is 5.27. The molecule has 0 N–H and O–H groups in total. The normalized spacial score (nSPS) is 10.7. The van der Waals surface area contributed by atoms with Crippen LogP contribution in [0.4, 0.5) is 0 Å². The monoisotopic (exact) mass is 322 g/mol. The van der Waals surface area contributed by atoms with E-state index in [1.807, 2.05) is 24.3 Å². The number of rotatable bonds is 5. The number of Topliss-reactive ketones (excluding diaryl/α,β-unsaturated/α-hetero) is 1. The molecule has 0 aliphatic carbocycles. The van der Waals surface area contributed by atoms with E-state index in [0.717, 1.165) is 0 Å². The van der Waals surface area contributed by atoms with Crippen molar-refractivity contribution in [3.05, 3.63) is 63.6 Å². The summed E-state index contributed by atoms with van der Waals surface area (Å²) in [7, 11) is 0. The van der Waals surface area contributed by atoms with E-state index in [2.05, 4.69) is 13.8 Å². The summed E-state index contributed by atoms with van der Waals surface area (Å²) in [6.07, 6.45) is 0. The third kappa shape index (κ3) is 4.23. The minimum absolute atomic E-state index is 0.0684. The molecular formula is C17H16Cl2O2. The van der Waals surface area contributed by atoms with Crippen LogP contribution in [0.1, 0.15) is 35.7 Å². The van der Waals surface area contributed by atoms with Crippen molar-refractivity contribution in [2.75, 3.05) is 6.61 Å². The van der Waals surface area contributed by atoms with Crippen LogP contribution in [-0.4, -0.2) is 12.4 Å². The number of halogens is 2. The summed E-state index contributed by atoms with van der Waals surface area (Å²) in [5, 5.41) is 0.950. The Morgan fingerprint density at radius 1 is 1.10 bits per heavy atom. The molecule has 0 radical (unpaired) electrons. The molecule has 2 aromatic carbocycles. The van der Waals surface area contributed by atoms with Crippen molar-refractivity contribution in [2.24, 2.45) is 0 Å². The Hall–Kier alpha value is -1.51. The van der Waals surface area contributed by atoms with Crippen LogP contribution < -0.4 is 4.74 Å². The van der Waals surface area contributed by atoms with Crippen LogP contribution in [0.25, 0.3) is 0 Å². The van der Waals surface area contributed by atoms with Gasteiger partial charge in [-0.3, -0.25) is 4.79 Å². The Morgan fingerprint density at radius 2 is 1.76 bits per heavy atom. The van der Waals surface area contributed by atoms with Crippen molar-refractivity contribution < 1.29 is 9.53 Å². The first-order valence-corrected chi connectivity index (χ1v) is 7.44. The van der Waals surface area contributed by atoms with Gasteiger partial charge in [0, 0.05) is 16.7 Å². The molecule has 0 saturated carbocycles. The lowest BCUT2D eigenvalue weighted by molar-refractivity contribution is 0.0921. The Morgan fingerprint density at radius 3 is 2.38 bits per heavy atom. The van der Waals surface area contributed by atoms with Crippen molar-refractivity contribution in [2.45, 2.75) is 19.8 Å². The van der Waals surface area contributed by atoms with Crippen LogP contribution in [0.5, 0.6) is 5.75 Å². The molecule has 2 aromatic rings. The smallest absolute Gasteiger partial charge is 0.200 e. The third-order valence-corrected chi connectivity index (χ3v) is 3.70. The average Bonchev–Trinajstić information content (AvgIpc) is 2.48. The van der Waals surface area contributed by atoms with Gasteiger partial charge in [0.15, 0.2) is 12.4 Å². The molecule has 0 saturated heterocycles. The molecular weight excluding hydrogens is 307 g/mol. The zero-order chi connectivity index (χ0) is 15.4. The zero-order valence-corrected chi connectivity index (χ0v) is 13.4. The number of ether oxygens (including phenoxy) is 1. The van der Waals surface area contributed by atoms with Gasteiger partial charge in [0.2, 0.25) is 0 Å². The first-order valence-electron chi connectivity index (χ1n) is 6.68. The molecule has 0 aromatic heterocycles. The number of carbonyl (C=O) groups excluding carboxylic acids is 1. The number of hydrogen-bond donors (Lipinski definition) is 0. The average molecular weight is 323 g/mol. The van der Waals surface area contributed by atoms with Crippen molar-refractivity contribution >= 4 is 29.0 Å². The summed E-state index contributed by atoms with van der Waals surface area (Å²) in [5.41, 5.74) is 1.82. The van der Waals surface area contributed by atoms with Crippen LogP contribution >= 0.6 is 23.2 Å². The summed E-state index contributed by atoms with van der Waals surface area (Å²) >= 11 is 11.9. The summed E-state index contributed by atoms with van der Waals surface area (Å²) < 4.78 is 5.45. The quantitative estimate of drug-likeness (QED) is 0.691. The molecule has 0 aliphatic rings. The van der Waals surface area contributed by atoms with Gasteiger partial charge in [-0.05, 0) is 23.6 Å². The lowest BCUT2D eigenvalue weighted by Crippen LogP contribution is -2.11. The molecule has 0 unspecified atom stereocenters. The highest BCUT2D eigenvalue weighted by molar-refractivity contribution is 6.34. The molecule has 0 bridgehead atoms. The fourth-order valence-electron chi connectivity index (χ4n) is 1.87. The van der Waals surface area contributed by atoms with E-state index in [4.69, 9.17) is 27.9 Å². The highest BCUT2D eigenvalue weighted by atomic mass is 35.5. The van der Waals surface area contributed by atoms with E-state index in [1.54, 1.807) is 18.2 Å². The molecule has 21 heavy (non-hydrogen) atoms. The maximum atomic E-state index is 12.1. The van der Waals surface area contributed by atoms with Crippen LogP contribution in [0.3, 0.4) is 0 Å². The fourth-order valence-corrected chi connectivity index (χ4v) is 2.20. The summed E-state index contributed by atoms with van der Waals surface area (Å²) in [5.74, 6) is 0.758. The van der Waals surface area contributed by atoms with E-state index in [9.17, 15) is 4.79 Å². The second-order valence-electron chi connectivity index (χ2n) is 5.06. The Balaban J connectivity index is 2.03. The number of hydrogen-bond acceptors (Lipinski definition) is 2. The molecule has 2 rings (SSSR count). The first-order chi connectivity index (χ1) is 9.97. The van der Waals surface area contributed by atoms with Gasteiger partial charge in [-0.15, -0.1) is 0 Å². The maximum Gasteiger partial charge on any atom is 0.200 e. The number of benzene rings is 2. The lowest BCUT2D eigenvalue weighted by atomic mass is 10.0. The van der Waals surface area contributed by atoms with Gasteiger partial charge in [0.1, 0.15) is 5.75 Å². The molecule has 4 heteroatoms. The summed E-state index contributed by atoms with van der Waals surface area (Å²) in [6, 6.07) is 12.5. The predicted molar refractivity (Wildman–Crippen MR) is 86.8 cm³/mol. The minimum Gasteiger partial charge on any atom is -0.484 e. The predicted octanol–water partition coefficient (Wildman–Crippen LogP) is 5.38. The van der Waals surface area contributed by atoms with Crippen LogP contribution in [0.15, 0.2) is 42.5 Å². The highest BCUT2D eigenvalue weighted by Gasteiger charge is 2.10. The molecule has 0 fully saturated rings. The van der Waals surface area contributed by atoms with Crippen LogP contribution in [0.2, 0.25) is 10.0 Å². The van der Waals surface area contributed by atoms with Crippen molar-refractivity contribution in [3.63, 3.8) is 0 Å². The van der Waals surface area contributed by atoms with Gasteiger partial charge in [-0.1, -0.05) is 61.3 Å². The van der Waals surface area contributed by atoms with E-state index < -0.39 is 0 Å². The molecule has 0 spiro atoms. The SMILES string of the molecule is CC(C)c1ccc(C(=O)COc2cc(Cl)ccc2Cl)cc1. The Labute approximate surface area is 134 Å². The zero-order valence-electron chi connectivity index (χ0n) is 11.9. The molecule has 0 atom stereocenters.